The fraction of sp³-hybridized carbons (Fsp3) is 0.304. The number of thiocarbonyl (C=S) groups is 1. The zero-order valence-electron chi connectivity index (χ0n) is 19.6. The number of carbonyl (C=O) groups is 1. The molecule has 0 heterocycles. The van der Waals surface area contributed by atoms with Gasteiger partial charge in [0.25, 0.3) is 0 Å². The van der Waals surface area contributed by atoms with Crippen LogP contribution in [0, 0.1) is 0 Å². The molecule has 40 heavy (non-hydrogen) atoms. The summed E-state index contributed by atoms with van der Waals surface area (Å²) >= 11 is 22.1. The Morgan fingerprint density at radius 3 is 2.00 bits per heavy atom. The van der Waals surface area contributed by atoms with E-state index in [4.69, 9.17) is 47.0 Å². The van der Waals surface area contributed by atoms with Crippen LogP contribution in [0.5, 0.6) is 0 Å². The van der Waals surface area contributed by atoms with E-state index in [1.165, 1.54) is 5.32 Å². The van der Waals surface area contributed by atoms with E-state index >= 15 is 0 Å². The van der Waals surface area contributed by atoms with Gasteiger partial charge in [-0.25, -0.2) is 4.39 Å². The number of amides is 1. The molecule has 2 aromatic rings. The van der Waals surface area contributed by atoms with Gasteiger partial charge >= 0.3 is 18.5 Å². The van der Waals surface area contributed by atoms with Crippen molar-refractivity contribution in [3.8, 4) is 0 Å². The first-order valence-electron chi connectivity index (χ1n) is 10.6. The first kappa shape index (κ1) is 33.9. The van der Waals surface area contributed by atoms with E-state index in [0.717, 1.165) is 19.1 Å². The summed E-state index contributed by atoms with van der Waals surface area (Å²) in [6, 6.07) is 1.57. The monoisotopic (exact) mass is 662 g/mol. The molecule has 2 aromatic carbocycles. The Hall–Kier alpha value is -2.29. The maximum absolute atomic E-state index is 15.0. The van der Waals surface area contributed by atoms with Gasteiger partial charge in [0.05, 0.1) is 20.6 Å². The molecule has 0 fully saturated rings. The van der Waals surface area contributed by atoms with Crippen molar-refractivity contribution in [1.29, 1.82) is 0 Å². The predicted molar refractivity (Wildman–Crippen MR) is 134 cm³/mol. The van der Waals surface area contributed by atoms with Crippen molar-refractivity contribution in [3.63, 3.8) is 0 Å². The maximum Gasteiger partial charge on any atom is 0.417 e. The molecule has 2 N–H and O–H groups in total. The first-order chi connectivity index (χ1) is 18.1. The second-order valence-corrected chi connectivity index (χ2v) is 9.72. The van der Waals surface area contributed by atoms with E-state index in [-0.39, 0.29) is 27.2 Å². The van der Waals surface area contributed by atoms with Gasteiger partial charge < -0.3 is 10.6 Å². The summed E-state index contributed by atoms with van der Waals surface area (Å²) in [6.07, 6.45) is -15.1. The van der Waals surface area contributed by atoms with E-state index in [2.05, 4.69) is 5.32 Å². The quantitative estimate of drug-likeness (QED) is 0.177. The molecule has 0 aliphatic rings. The summed E-state index contributed by atoms with van der Waals surface area (Å²) in [4.78, 5) is 11.1. The Morgan fingerprint density at radius 2 is 1.52 bits per heavy atom. The number of halogens is 13. The summed E-state index contributed by atoms with van der Waals surface area (Å²) in [7, 11) is 0. The summed E-state index contributed by atoms with van der Waals surface area (Å²) in [5, 5.41) is 2.64. The molecule has 220 valence electrons. The largest absolute Gasteiger partial charge is 0.417 e. The molecule has 0 aliphatic carbocycles. The van der Waals surface area contributed by atoms with Crippen LogP contribution < -0.4 is 10.6 Å². The van der Waals surface area contributed by atoms with E-state index in [1.54, 1.807) is 0 Å². The predicted octanol–water partition coefficient (Wildman–Crippen LogP) is 8.65. The van der Waals surface area contributed by atoms with Crippen LogP contribution in [0.15, 0.2) is 36.4 Å². The highest BCUT2D eigenvalue weighted by Gasteiger charge is 2.41. The summed E-state index contributed by atoms with van der Waals surface area (Å²) < 4.78 is 134. The average Bonchev–Trinajstić information content (AvgIpc) is 2.81. The van der Waals surface area contributed by atoms with Crippen LogP contribution in [0.1, 0.15) is 35.1 Å². The highest BCUT2D eigenvalue weighted by molar-refractivity contribution is 7.80. The molecule has 0 saturated heterocycles. The summed E-state index contributed by atoms with van der Waals surface area (Å²) in [5.41, 5.74) is -3.94. The molecule has 0 spiro atoms. The lowest BCUT2D eigenvalue weighted by Crippen LogP contribution is -2.47. The molecule has 0 aromatic heterocycles. The van der Waals surface area contributed by atoms with Gasteiger partial charge in [0.15, 0.2) is 0 Å². The fourth-order valence-electron chi connectivity index (χ4n) is 3.18. The smallest absolute Gasteiger partial charge is 0.364 e. The Balaban J connectivity index is 2.45. The Labute approximate surface area is 240 Å². The number of hydrogen-bond donors (Lipinski definition) is 2. The van der Waals surface area contributed by atoms with E-state index in [9.17, 15) is 48.7 Å². The van der Waals surface area contributed by atoms with Crippen molar-refractivity contribution in [2.24, 2.45) is 0 Å². The molecule has 0 saturated carbocycles. The standard InChI is InChI=1S/C23H15Cl3F10N2OS/c1-9(19(39)37-8-21(28,29)30)38-20(40)12-3-2-10(4-14(12)23(34,35)36)17(27)7-13(22(31,32)33)11-5-15(24)18(26)16(25)6-11/h2-7,9,13H,8H2,1H3,(H,37,39)(H,38,40)/b17-7-/t9-,13?/m1/s1. The second kappa shape index (κ2) is 12.7. The van der Waals surface area contributed by atoms with Gasteiger partial charge in [-0.05, 0) is 36.8 Å². The van der Waals surface area contributed by atoms with Gasteiger partial charge in [0.1, 0.15) is 29.3 Å². The van der Waals surface area contributed by atoms with Gasteiger partial charge in [-0.15, -0.1) is 0 Å². The SMILES string of the molecule is C[C@@H](NC(=S)c1ccc(/C(F)=C/C(c2cc(Cl)c(Cl)c(Cl)c2)C(F)(F)F)cc1C(F)(F)F)C(=O)NCC(F)(F)F. The first-order valence-corrected chi connectivity index (χ1v) is 12.1. The van der Waals surface area contributed by atoms with Crippen molar-refractivity contribution < 1.29 is 48.7 Å². The molecule has 0 radical (unpaired) electrons. The lowest BCUT2D eigenvalue weighted by Gasteiger charge is -2.20. The number of allylic oxidation sites excluding steroid dienone is 1. The van der Waals surface area contributed by atoms with Crippen molar-refractivity contribution in [2.75, 3.05) is 6.54 Å². The van der Waals surface area contributed by atoms with Crippen LogP contribution in [-0.2, 0) is 11.0 Å². The van der Waals surface area contributed by atoms with E-state index < -0.39 is 76.0 Å². The van der Waals surface area contributed by atoms with Gasteiger partial charge in [0, 0.05) is 11.1 Å². The third-order valence-corrected chi connectivity index (χ3v) is 6.61. The Bertz CT molecular complexity index is 1290. The lowest BCUT2D eigenvalue weighted by atomic mass is 9.95. The number of hydrogen-bond acceptors (Lipinski definition) is 2. The molecule has 0 bridgehead atoms. The number of carbonyl (C=O) groups excluding carboxylic acids is 1. The molecule has 2 rings (SSSR count). The number of rotatable bonds is 7. The molecular weight excluding hydrogens is 649 g/mol. The number of benzene rings is 2. The van der Waals surface area contributed by atoms with Crippen molar-refractivity contribution in [3.05, 3.63) is 73.7 Å². The minimum Gasteiger partial charge on any atom is -0.364 e. The number of alkyl halides is 9. The van der Waals surface area contributed by atoms with E-state index in [0.29, 0.717) is 12.1 Å². The molecule has 1 unspecified atom stereocenters. The van der Waals surface area contributed by atoms with Crippen LogP contribution in [-0.4, -0.2) is 35.8 Å². The van der Waals surface area contributed by atoms with Crippen LogP contribution in [0.3, 0.4) is 0 Å². The van der Waals surface area contributed by atoms with Crippen LogP contribution in [0.4, 0.5) is 43.9 Å². The zero-order chi connectivity index (χ0) is 30.8. The summed E-state index contributed by atoms with van der Waals surface area (Å²) in [6.45, 7) is -0.680. The highest BCUT2D eigenvalue weighted by atomic mass is 35.5. The maximum atomic E-state index is 15.0. The van der Waals surface area contributed by atoms with Crippen molar-refractivity contribution >= 4 is 63.7 Å². The lowest BCUT2D eigenvalue weighted by molar-refractivity contribution is -0.140. The third kappa shape index (κ3) is 9.11. The van der Waals surface area contributed by atoms with Crippen molar-refractivity contribution in [2.45, 2.75) is 37.4 Å². The van der Waals surface area contributed by atoms with Crippen LogP contribution in [0.25, 0.3) is 5.83 Å². The second-order valence-electron chi connectivity index (χ2n) is 8.12. The Kier molecular flexibility index (Phi) is 10.8. The van der Waals surface area contributed by atoms with Crippen LogP contribution >= 0.6 is 47.0 Å². The normalized spacial score (nSPS) is 14.5. The zero-order valence-corrected chi connectivity index (χ0v) is 22.6. The molecule has 0 aliphatic heterocycles. The Morgan fingerprint density at radius 1 is 0.975 bits per heavy atom. The van der Waals surface area contributed by atoms with Crippen molar-refractivity contribution in [1.82, 2.24) is 10.6 Å². The molecule has 1 amide bonds. The molecule has 17 heteroatoms. The molecule has 3 nitrogen and oxygen atoms in total. The number of nitrogens with one attached hydrogen (secondary N) is 2. The van der Waals surface area contributed by atoms with Gasteiger partial charge in [-0.1, -0.05) is 59.2 Å². The molecular formula is C23H15Cl3F10N2OS. The third-order valence-electron chi connectivity index (χ3n) is 5.08. The topological polar surface area (TPSA) is 41.1 Å². The highest BCUT2D eigenvalue weighted by Crippen LogP contribution is 2.42. The van der Waals surface area contributed by atoms with Gasteiger partial charge in [0.2, 0.25) is 5.91 Å². The molecule has 2 atom stereocenters. The van der Waals surface area contributed by atoms with Gasteiger partial charge in [-0.2, -0.15) is 39.5 Å². The average molecular weight is 664 g/mol. The fourth-order valence-corrected chi connectivity index (χ4v) is 4.15. The minimum absolute atomic E-state index is 0.0225. The van der Waals surface area contributed by atoms with E-state index in [1.807, 2.05) is 0 Å². The minimum atomic E-state index is -5.21. The van der Waals surface area contributed by atoms with Crippen LogP contribution in [0.2, 0.25) is 15.1 Å². The summed E-state index contributed by atoms with van der Waals surface area (Å²) in [5.74, 6) is -5.62. The van der Waals surface area contributed by atoms with Gasteiger partial charge in [-0.3, -0.25) is 4.79 Å².